The van der Waals surface area contributed by atoms with E-state index >= 15 is 0 Å². The van der Waals surface area contributed by atoms with E-state index in [1.807, 2.05) is 0 Å². The van der Waals surface area contributed by atoms with Crippen molar-refractivity contribution in [2.24, 2.45) is 0 Å². The average Bonchev–Trinajstić information content (AvgIpc) is 3.25. The summed E-state index contributed by atoms with van der Waals surface area (Å²) in [6, 6.07) is 11.7. The van der Waals surface area contributed by atoms with Crippen LogP contribution < -0.4 is 4.90 Å². The number of hydrogen-bond acceptors (Lipinski definition) is 5. The van der Waals surface area contributed by atoms with Crippen molar-refractivity contribution < 1.29 is 14.1 Å². The smallest absolute Gasteiger partial charge is 0.271 e. The van der Waals surface area contributed by atoms with Gasteiger partial charge in [0.2, 0.25) is 11.8 Å². The first kappa shape index (κ1) is 18.2. The van der Waals surface area contributed by atoms with Crippen LogP contribution in [-0.4, -0.2) is 22.4 Å². The van der Waals surface area contributed by atoms with Crippen LogP contribution in [-0.2, 0) is 17.6 Å². The minimum atomic E-state index is -0.457. The van der Waals surface area contributed by atoms with Crippen LogP contribution in [0.1, 0.15) is 17.0 Å². The number of rotatable bonds is 4. The molecule has 4 rings (SSSR count). The van der Waals surface area contributed by atoms with Crippen LogP contribution in [0.4, 0.5) is 11.4 Å². The first-order valence-corrected chi connectivity index (χ1v) is 9.10. The Morgan fingerprint density at radius 3 is 2.75 bits per heavy atom. The Kier molecular flexibility index (Phi) is 4.60. The summed E-state index contributed by atoms with van der Waals surface area (Å²) in [6.07, 6.45) is 0.734. The molecule has 0 saturated carbocycles. The van der Waals surface area contributed by atoms with Gasteiger partial charge in [0.15, 0.2) is 0 Å². The molecule has 3 aromatic rings. The average molecular weight is 398 g/mol. The number of nitro benzene ring substituents is 1. The van der Waals surface area contributed by atoms with Crippen LogP contribution in [0.5, 0.6) is 0 Å². The Hall–Kier alpha value is -3.19. The van der Waals surface area contributed by atoms with Crippen LogP contribution in [0.15, 0.2) is 46.9 Å². The molecule has 1 aliphatic rings. The highest BCUT2D eigenvalue weighted by Crippen LogP contribution is 2.32. The molecule has 0 N–H and O–H groups in total. The summed E-state index contributed by atoms with van der Waals surface area (Å²) in [5, 5.41) is 11.7. The van der Waals surface area contributed by atoms with E-state index in [1.54, 1.807) is 42.2 Å². The predicted molar refractivity (Wildman–Crippen MR) is 105 cm³/mol. The number of halogens is 1. The van der Waals surface area contributed by atoms with Gasteiger partial charge in [0, 0.05) is 29.3 Å². The number of oxazole rings is 1. The molecule has 8 heteroatoms. The molecule has 0 saturated heterocycles. The van der Waals surface area contributed by atoms with Crippen LogP contribution in [0.3, 0.4) is 0 Å². The second kappa shape index (κ2) is 7.09. The molecule has 28 heavy (non-hydrogen) atoms. The number of nitro groups is 1. The Morgan fingerprint density at radius 1 is 1.29 bits per heavy atom. The molecule has 2 aromatic carbocycles. The van der Waals surface area contributed by atoms with E-state index in [4.69, 9.17) is 16.0 Å². The molecule has 0 atom stereocenters. The molecule has 0 radical (unpaired) electrons. The third-order valence-corrected chi connectivity index (χ3v) is 5.03. The highest BCUT2D eigenvalue weighted by Gasteiger charge is 2.28. The van der Waals surface area contributed by atoms with Crippen molar-refractivity contribution >= 4 is 28.9 Å². The van der Waals surface area contributed by atoms with Gasteiger partial charge in [-0.15, -0.1) is 0 Å². The first-order valence-electron chi connectivity index (χ1n) is 8.72. The summed E-state index contributed by atoms with van der Waals surface area (Å²) in [4.78, 5) is 29.5. The van der Waals surface area contributed by atoms with E-state index in [9.17, 15) is 14.9 Å². The summed E-state index contributed by atoms with van der Waals surface area (Å²) in [5.74, 6) is 0.824. The van der Waals surface area contributed by atoms with Gasteiger partial charge in [0.1, 0.15) is 5.76 Å². The molecule has 0 unspecified atom stereocenters. The van der Waals surface area contributed by atoms with Crippen LogP contribution in [0, 0.1) is 17.0 Å². The normalized spacial score (nSPS) is 12.9. The SMILES string of the molecule is Cc1oc(-c2ccc(Cl)cc2)nc1CC(=O)N1CCc2ccc([N+](=O)[O-])cc21. The number of carbonyl (C=O) groups is 1. The van der Waals surface area contributed by atoms with Crippen molar-refractivity contribution in [3.63, 3.8) is 0 Å². The lowest BCUT2D eigenvalue weighted by atomic mass is 10.1. The molecule has 0 bridgehead atoms. The number of carbonyl (C=O) groups excluding carboxylic acids is 1. The fraction of sp³-hybridized carbons (Fsp3) is 0.200. The Bertz CT molecular complexity index is 1080. The topological polar surface area (TPSA) is 89.5 Å². The second-order valence-corrected chi connectivity index (χ2v) is 7.01. The number of amides is 1. The summed E-state index contributed by atoms with van der Waals surface area (Å²) in [6.45, 7) is 2.26. The number of non-ortho nitro benzene ring substituents is 1. The lowest BCUT2D eigenvalue weighted by molar-refractivity contribution is -0.384. The fourth-order valence-electron chi connectivity index (χ4n) is 3.29. The van der Waals surface area contributed by atoms with E-state index in [0.29, 0.717) is 41.0 Å². The molecule has 2 heterocycles. The number of fused-ring (bicyclic) bond motifs is 1. The number of aryl methyl sites for hydroxylation is 1. The van der Waals surface area contributed by atoms with Gasteiger partial charge in [0.05, 0.1) is 22.7 Å². The van der Waals surface area contributed by atoms with Gasteiger partial charge in [-0.25, -0.2) is 4.98 Å². The van der Waals surface area contributed by atoms with Gasteiger partial charge in [-0.3, -0.25) is 14.9 Å². The van der Waals surface area contributed by atoms with E-state index < -0.39 is 4.92 Å². The molecule has 1 aliphatic heterocycles. The third-order valence-electron chi connectivity index (χ3n) is 4.78. The number of nitrogens with zero attached hydrogens (tertiary/aromatic N) is 3. The van der Waals surface area contributed by atoms with E-state index in [1.165, 1.54) is 12.1 Å². The van der Waals surface area contributed by atoms with Crippen LogP contribution in [0.2, 0.25) is 5.02 Å². The lowest BCUT2D eigenvalue weighted by Crippen LogP contribution is -2.30. The molecule has 0 fully saturated rings. The second-order valence-electron chi connectivity index (χ2n) is 6.57. The molecular formula is C20H16ClN3O4. The van der Waals surface area contributed by atoms with E-state index in [-0.39, 0.29) is 18.0 Å². The van der Waals surface area contributed by atoms with E-state index in [2.05, 4.69) is 4.98 Å². The third kappa shape index (κ3) is 3.36. The Morgan fingerprint density at radius 2 is 2.04 bits per heavy atom. The molecule has 142 valence electrons. The largest absolute Gasteiger partial charge is 0.441 e. The zero-order valence-corrected chi connectivity index (χ0v) is 15.8. The number of aromatic nitrogens is 1. The van der Waals surface area contributed by atoms with Crippen molar-refractivity contribution in [3.8, 4) is 11.5 Å². The van der Waals surface area contributed by atoms with Crippen LogP contribution in [0.25, 0.3) is 11.5 Å². The summed E-state index contributed by atoms with van der Waals surface area (Å²) in [7, 11) is 0. The maximum Gasteiger partial charge on any atom is 0.271 e. The minimum absolute atomic E-state index is 0.0268. The Labute approximate surface area is 165 Å². The first-order chi connectivity index (χ1) is 13.4. The monoisotopic (exact) mass is 397 g/mol. The van der Waals surface area contributed by atoms with Gasteiger partial charge < -0.3 is 9.32 Å². The number of anilines is 1. The highest BCUT2D eigenvalue weighted by molar-refractivity contribution is 6.30. The van der Waals surface area contributed by atoms with Crippen molar-refractivity contribution in [1.29, 1.82) is 0 Å². The van der Waals surface area contributed by atoms with E-state index in [0.717, 1.165) is 11.1 Å². The van der Waals surface area contributed by atoms with Crippen molar-refractivity contribution in [3.05, 3.63) is 74.6 Å². The maximum atomic E-state index is 12.9. The lowest BCUT2D eigenvalue weighted by Gasteiger charge is -2.16. The molecular weight excluding hydrogens is 382 g/mol. The Balaban J connectivity index is 1.56. The van der Waals surface area contributed by atoms with Crippen molar-refractivity contribution in [2.45, 2.75) is 19.8 Å². The summed E-state index contributed by atoms with van der Waals surface area (Å²) < 4.78 is 5.71. The van der Waals surface area contributed by atoms with Crippen molar-refractivity contribution in [1.82, 2.24) is 4.98 Å². The molecule has 0 spiro atoms. The van der Waals surface area contributed by atoms with Gasteiger partial charge >= 0.3 is 0 Å². The zero-order chi connectivity index (χ0) is 19.8. The zero-order valence-electron chi connectivity index (χ0n) is 15.0. The molecule has 7 nitrogen and oxygen atoms in total. The van der Waals surface area contributed by atoms with Gasteiger partial charge in [0.25, 0.3) is 5.69 Å². The number of benzene rings is 2. The molecule has 1 amide bonds. The standard InChI is InChI=1S/C20H16ClN3O4/c1-12-17(22-20(28-12)14-2-5-15(21)6-3-14)11-19(25)23-9-8-13-4-7-16(24(26)27)10-18(13)23/h2-7,10H,8-9,11H2,1H3. The highest BCUT2D eigenvalue weighted by atomic mass is 35.5. The summed E-state index contributed by atoms with van der Waals surface area (Å²) in [5.41, 5.74) is 2.82. The van der Waals surface area contributed by atoms with Gasteiger partial charge in [-0.05, 0) is 43.2 Å². The van der Waals surface area contributed by atoms with Gasteiger partial charge in [-0.1, -0.05) is 17.7 Å². The predicted octanol–water partition coefficient (Wildman–Crippen LogP) is 4.34. The maximum absolute atomic E-state index is 12.9. The van der Waals surface area contributed by atoms with Gasteiger partial charge in [-0.2, -0.15) is 0 Å². The molecule has 0 aliphatic carbocycles. The number of hydrogen-bond donors (Lipinski definition) is 0. The minimum Gasteiger partial charge on any atom is -0.441 e. The quantitative estimate of drug-likeness (QED) is 0.482. The van der Waals surface area contributed by atoms with Crippen LogP contribution >= 0.6 is 11.6 Å². The fourth-order valence-corrected chi connectivity index (χ4v) is 3.41. The summed E-state index contributed by atoms with van der Waals surface area (Å²) >= 11 is 5.91. The van der Waals surface area contributed by atoms with Crippen molar-refractivity contribution in [2.75, 3.05) is 11.4 Å². The molecule has 1 aromatic heterocycles.